The summed E-state index contributed by atoms with van der Waals surface area (Å²) in [6.07, 6.45) is 0. The first kappa shape index (κ1) is 23.4. The van der Waals surface area contributed by atoms with Crippen molar-refractivity contribution in [3.05, 3.63) is 76.8 Å². The predicted octanol–water partition coefficient (Wildman–Crippen LogP) is 5.75. The molecule has 0 aliphatic rings. The highest BCUT2D eigenvalue weighted by Crippen LogP contribution is 2.41. The number of rotatable bonds is 4. The summed E-state index contributed by atoms with van der Waals surface area (Å²) in [5.74, 6) is -0.452. The summed E-state index contributed by atoms with van der Waals surface area (Å²) in [7, 11) is -5.84. The van der Waals surface area contributed by atoms with Crippen molar-refractivity contribution in [2.24, 2.45) is 0 Å². The molecule has 0 saturated carbocycles. The van der Waals surface area contributed by atoms with Gasteiger partial charge in [-0.25, -0.2) is 0 Å². The minimum Gasteiger partial charge on any atom is -0.375 e. The summed E-state index contributed by atoms with van der Waals surface area (Å²) in [5.41, 5.74) is -3.87. The van der Waals surface area contributed by atoms with Gasteiger partial charge in [0.15, 0.2) is 5.75 Å². The Morgan fingerprint density at radius 1 is 0.759 bits per heavy atom. The van der Waals surface area contributed by atoms with E-state index in [-0.39, 0.29) is 19.1 Å². The number of halogens is 5. The lowest BCUT2D eigenvalue weighted by atomic mass is 9.94. The SMILES string of the molecule is O=S(=O)(Oc1cccc(-c2ccc(Cl)cc2)c1-c1ccc(Cl)cc1)C(F)(F)F.[SH3+]. The second kappa shape index (κ2) is 8.87. The van der Waals surface area contributed by atoms with Crippen LogP contribution in [-0.2, 0) is 23.6 Å². The second-order valence-corrected chi connectivity index (χ2v) is 8.09. The maximum absolute atomic E-state index is 12.8. The Labute approximate surface area is 182 Å². The van der Waals surface area contributed by atoms with Crippen LogP contribution in [0.15, 0.2) is 66.7 Å². The van der Waals surface area contributed by atoms with Gasteiger partial charge in [0.05, 0.1) is 0 Å². The molecule has 0 amide bonds. The van der Waals surface area contributed by atoms with Gasteiger partial charge >= 0.3 is 15.6 Å². The van der Waals surface area contributed by atoms with Gasteiger partial charge in [-0.15, -0.1) is 0 Å². The van der Waals surface area contributed by atoms with Crippen LogP contribution in [0.4, 0.5) is 13.2 Å². The van der Waals surface area contributed by atoms with Crippen molar-refractivity contribution in [1.82, 2.24) is 0 Å². The average molecular weight is 482 g/mol. The molecule has 0 atom stereocenters. The van der Waals surface area contributed by atoms with Crippen molar-refractivity contribution in [1.29, 1.82) is 0 Å². The summed E-state index contributed by atoms with van der Waals surface area (Å²) >= 11 is 11.8. The van der Waals surface area contributed by atoms with Gasteiger partial charge in [-0.1, -0.05) is 73.1 Å². The first-order valence-electron chi connectivity index (χ1n) is 7.74. The summed E-state index contributed by atoms with van der Waals surface area (Å²) in [6, 6.07) is 17.0. The quantitative estimate of drug-likeness (QED) is 0.270. The largest absolute Gasteiger partial charge is 0.534 e. The molecule has 0 spiro atoms. The Balaban J connectivity index is 0.00000300. The molecule has 154 valence electrons. The molecule has 0 aliphatic heterocycles. The van der Waals surface area contributed by atoms with Crippen molar-refractivity contribution in [2.45, 2.75) is 5.51 Å². The maximum atomic E-state index is 12.8. The van der Waals surface area contributed by atoms with E-state index >= 15 is 0 Å². The van der Waals surface area contributed by atoms with Crippen LogP contribution in [0, 0.1) is 0 Å². The molecular formula is C19H14Cl2F3O3S2+. The molecule has 0 fully saturated rings. The zero-order chi connectivity index (χ0) is 20.5. The Morgan fingerprint density at radius 3 is 1.72 bits per heavy atom. The van der Waals surface area contributed by atoms with Gasteiger partial charge in [0, 0.05) is 15.6 Å². The van der Waals surface area contributed by atoms with E-state index in [1.165, 1.54) is 18.2 Å². The van der Waals surface area contributed by atoms with Gasteiger partial charge in [0.1, 0.15) is 0 Å². The van der Waals surface area contributed by atoms with Gasteiger partial charge in [0.25, 0.3) is 0 Å². The van der Waals surface area contributed by atoms with E-state index in [2.05, 4.69) is 4.18 Å². The highest BCUT2D eigenvalue weighted by atomic mass is 35.5. The molecule has 3 rings (SSSR count). The molecular weight excluding hydrogens is 468 g/mol. The molecule has 3 nitrogen and oxygen atoms in total. The van der Waals surface area contributed by atoms with Crippen molar-refractivity contribution < 1.29 is 25.8 Å². The van der Waals surface area contributed by atoms with Crippen LogP contribution < -0.4 is 4.18 Å². The van der Waals surface area contributed by atoms with Gasteiger partial charge in [-0.3, -0.25) is 0 Å². The van der Waals surface area contributed by atoms with Crippen LogP contribution >= 0.6 is 23.2 Å². The van der Waals surface area contributed by atoms with Crippen LogP contribution in [-0.4, -0.2) is 13.9 Å². The highest BCUT2D eigenvalue weighted by molar-refractivity contribution is 7.88. The van der Waals surface area contributed by atoms with Crippen molar-refractivity contribution in [2.75, 3.05) is 0 Å². The summed E-state index contributed by atoms with van der Waals surface area (Å²) in [4.78, 5) is 0. The third kappa shape index (κ3) is 5.19. The molecule has 0 bridgehead atoms. The maximum Gasteiger partial charge on any atom is 0.534 e. The zero-order valence-electron chi connectivity index (χ0n) is 14.5. The lowest BCUT2D eigenvalue weighted by Crippen LogP contribution is -2.28. The first-order chi connectivity index (χ1) is 13.1. The van der Waals surface area contributed by atoms with Gasteiger partial charge in [0.2, 0.25) is 0 Å². The molecule has 29 heavy (non-hydrogen) atoms. The Hall–Kier alpha value is -1.87. The first-order valence-corrected chi connectivity index (χ1v) is 9.90. The van der Waals surface area contributed by atoms with Crippen LogP contribution in [0.1, 0.15) is 0 Å². The van der Waals surface area contributed by atoms with E-state index in [0.717, 1.165) is 6.07 Å². The third-order valence-corrected chi connectivity index (χ3v) is 5.27. The van der Waals surface area contributed by atoms with Gasteiger partial charge in [-0.2, -0.15) is 21.6 Å². The molecule has 3 aromatic carbocycles. The van der Waals surface area contributed by atoms with Crippen LogP contribution in [0.3, 0.4) is 0 Å². The molecule has 10 heteroatoms. The monoisotopic (exact) mass is 481 g/mol. The normalized spacial score (nSPS) is 11.6. The van der Waals surface area contributed by atoms with E-state index in [4.69, 9.17) is 23.2 Å². The average Bonchev–Trinajstić information content (AvgIpc) is 2.62. The number of alkyl halides is 3. The van der Waals surface area contributed by atoms with E-state index in [9.17, 15) is 21.6 Å². The van der Waals surface area contributed by atoms with Crippen molar-refractivity contribution >= 4 is 46.8 Å². The predicted molar refractivity (Wildman–Crippen MR) is 114 cm³/mol. The highest BCUT2D eigenvalue weighted by Gasteiger charge is 2.48. The molecule has 0 heterocycles. The molecule has 3 aromatic rings. The van der Waals surface area contributed by atoms with Gasteiger partial charge in [-0.05, 0) is 47.0 Å². The summed E-state index contributed by atoms with van der Waals surface area (Å²) < 4.78 is 66.1. The number of hydrogen-bond acceptors (Lipinski definition) is 3. The summed E-state index contributed by atoms with van der Waals surface area (Å²) in [5, 5.41) is 0.891. The molecule has 0 radical (unpaired) electrons. The van der Waals surface area contributed by atoms with Crippen molar-refractivity contribution in [3.8, 4) is 28.0 Å². The Kier molecular flexibility index (Phi) is 7.16. The molecule has 0 aromatic heterocycles. The fourth-order valence-electron chi connectivity index (χ4n) is 2.55. The third-order valence-electron chi connectivity index (χ3n) is 3.80. The van der Waals surface area contributed by atoms with Crippen LogP contribution in [0.2, 0.25) is 10.0 Å². The number of hydrogen-bond donors (Lipinski definition) is 0. The Bertz CT molecular complexity index is 1100. The standard InChI is InChI=1S/C19H11Cl2F3O3S.H2S/c20-14-8-4-12(5-9-14)16-2-1-3-17(27-28(25,26)19(22,23)24)18(16)13-6-10-15(21)11-7-13;/h1-11H;1H2/p+1. The Morgan fingerprint density at radius 2 is 1.24 bits per heavy atom. The topological polar surface area (TPSA) is 43.4 Å². The lowest BCUT2D eigenvalue weighted by molar-refractivity contribution is -0.0499. The van der Waals surface area contributed by atoms with E-state index < -0.39 is 21.4 Å². The van der Waals surface area contributed by atoms with Crippen molar-refractivity contribution in [3.63, 3.8) is 0 Å². The molecule has 0 unspecified atom stereocenters. The lowest BCUT2D eigenvalue weighted by Gasteiger charge is -2.17. The number of benzene rings is 3. The minimum absolute atomic E-state index is 0. The van der Waals surface area contributed by atoms with Gasteiger partial charge < -0.3 is 4.18 Å². The smallest absolute Gasteiger partial charge is 0.375 e. The zero-order valence-corrected chi connectivity index (χ0v) is 17.9. The van der Waals surface area contributed by atoms with E-state index in [1.807, 2.05) is 0 Å². The fourth-order valence-corrected chi connectivity index (χ4v) is 3.27. The minimum atomic E-state index is -5.84. The van der Waals surface area contributed by atoms with Crippen LogP contribution in [0.25, 0.3) is 22.3 Å². The van der Waals surface area contributed by atoms with E-state index in [0.29, 0.717) is 26.7 Å². The van der Waals surface area contributed by atoms with Crippen LogP contribution in [0.5, 0.6) is 5.75 Å². The van der Waals surface area contributed by atoms with E-state index in [1.54, 1.807) is 42.5 Å². The molecule has 0 aliphatic carbocycles. The molecule has 0 saturated heterocycles. The second-order valence-electron chi connectivity index (χ2n) is 5.68. The summed E-state index contributed by atoms with van der Waals surface area (Å²) in [6.45, 7) is 0. The molecule has 0 N–H and O–H groups in total. The fraction of sp³-hybridized carbons (Fsp3) is 0.0526.